The zero-order chi connectivity index (χ0) is 16.1. The number of halogens is 2. The first-order valence-corrected chi connectivity index (χ1v) is 8.17. The van der Waals surface area contributed by atoms with Crippen LogP contribution in [0.4, 0.5) is 4.39 Å². The Morgan fingerprint density at radius 3 is 2.77 bits per heavy atom. The van der Waals surface area contributed by atoms with Crippen molar-refractivity contribution in [2.45, 2.75) is 11.0 Å². The third-order valence-electron chi connectivity index (χ3n) is 3.14. The van der Waals surface area contributed by atoms with Crippen LogP contribution < -0.4 is 5.32 Å². The van der Waals surface area contributed by atoms with Gasteiger partial charge >= 0.3 is 0 Å². The summed E-state index contributed by atoms with van der Waals surface area (Å²) in [7, 11) is 0. The summed E-state index contributed by atoms with van der Waals surface area (Å²) in [5, 5.41) is 12.7. The number of nitrogens with one attached hydrogen (secondary N) is 1. The van der Waals surface area contributed by atoms with Crippen molar-refractivity contribution >= 4 is 29.3 Å². The molecule has 0 spiro atoms. The zero-order valence-electron chi connectivity index (χ0n) is 11.8. The van der Waals surface area contributed by atoms with Gasteiger partial charge < -0.3 is 10.4 Å². The summed E-state index contributed by atoms with van der Waals surface area (Å²) in [4.78, 5) is 13.0. The average molecular weight is 340 g/mol. The number of benzene rings is 2. The number of thioether (sulfide) groups is 1. The van der Waals surface area contributed by atoms with Gasteiger partial charge in [-0.05, 0) is 36.1 Å². The molecule has 1 atom stereocenters. The first-order valence-electron chi connectivity index (χ1n) is 6.57. The largest absolute Gasteiger partial charge is 0.387 e. The van der Waals surface area contributed by atoms with Crippen molar-refractivity contribution in [2.75, 3.05) is 12.8 Å². The summed E-state index contributed by atoms with van der Waals surface area (Å²) in [5.74, 6) is -0.879. The number of hydrogen-bond acceptors (Lipinski definition) is 3. The van der Waals surface area contributed by atoms with Gasteiger partial charge in [0.2, 0.25) is 0 Å². The third-order valence-corrected chi connectivity index (χ3v) is 4.24. The monoisotopic (exact) mass is 339 g/mol. The third kappa shape index (κ3) is 4.00. The van der Waals surface area contributed by atoms with Gasteiger partial charge in [0.15, 0.2) is 0 Å². The molecule has 2 aromatic carbocycles. The van der Waals surface area contributed by atoms with Crippen LogP contribution in [0.2, 0.25) is 5.02 Å². The minimum Gasteiger partial charge on any atom is -0.387 e. The summed E-state index contributed by atoms with van der Waals surface area (Å²) < 4.78 is 13.4. The summed E-state index contributed by atoms with van der Waals surface area (Å²) in [6, 6.07) is 11.3. The number of amides is 1. The summed E-state index contributed by atoms with van der Waals surface area (Å²) in [6.45, 7) is -0.0113. The van der Waals surface area contributed by atoms with Gasteiger partial charge in [-0.25, -0.2) is 4.39 Å². The molecule has 116 valence electrons. The van der Waals surface area contributed by atoms with Crippen LogP contribution in [0.5, 0.6) is 0 Å². The molecule has 2 rings (SSSR count). The minimum absolute atomic E-state index is 0.00566. The first-order chi connectivity index (χ1) is 10.5. The molecule has 2 N–H and O–H groups in total. The van der Waals surface area contributed by atoms with E-state index in [-0.39, 0.29) is 17.5 Å². The summed E-state index contributed by atoms with van der Waals surface area (Å²) in [5.41, 5.74) is 0.907. The second-order valence-corrected chi connectivity index (χ2v) is 5.85. The highest BCUT2D eigenvalue weighted by atomic mass is 35.5. The smallest absolute Gasteiger partial charge is 0.252 e. The van der Waals surface area contributed by atoms with Crippen molar-refractivity contribution in [1.82, 2.24) is 5.32 Å². The van der Waals surface area contributed by atoms with Crippen molar-refractivity contribution in [3.05, 3.63) is 64.4 Å². The maximum atomic E-state index is 13.4. The fourth-order valence-corrected chi connectivity index (χ4v) is 2.67. The maximum Gasteiger partial charge on any atom is 0.252 e. The number of rotatable bonds is 5. The van der Waals surface area contributed by atoms with Crippen molar-refractivity contribution in [1.29, 1.82) is 0 Å². The van der Waals surface area contributed by atoms with Gasteiger partial charge in [0.1, 0.15) is 5.82 Å². The lowest BCUT2D eigenvalue weighted by atomic mass is 10.1. The van der Waals surface area contributed by atoms with Gasteiger partial charge in [0.05, 0.1) is 16.7 Å². The van der Waals surface area contributed by atoms with E-state index in [1.807, 2.05) is 18.4 Å². The van der Waals surface area contributed by atoms with Crippen molar-refractivity contribution in [3.63, 3.8) is 0 Å². The standard InChI is InChI=1S/C16H15ClFNO2S/c1-22-15-5-3-2-4-11(15)16(21)19-9-14(20)10-6-7-12(17)13(18)8-10/h2-8,14,20H,9H2,1H3,(H,19,21)/t14-/m0/s1. The van der Waals surface area contributed by atoms with Gasteiger partial charge in [-0.3, -0.25) is 4.79 Å². The fourth-order valence-electron chi connectivity index (χ4n) is 1.95. The molecular weight excluding hydrogens is 325 g/mol. The van der Waals surface area contributed by atoms with Crippen LogP contribution in [0, 0.1) is 5.82 Å². The molecule has 0 aliphatic carbocycles. The number of carbonyl (C=O) groups excluding carboxylic acids is 1. The highest BCUT2D eigenvalue weighted by Crippen LogP contribution is 2.21. The van der Waals surface area contributed by atoms with Crippen LogP contribution in [0.25, 0.3) is 0 Å². The van der Waals surface area contributed by atoms with Crippen LogP contribution in [0.15, 0.2) is 47.4 Å². The van der Waals surface area contributed by atoms with Gasteiger partial charge in [-0.2, -0.15) is 0 Å². The molecule has 6 heteroatoms. The Hall–Kier alpha value is -1.56. The molecule has 0 heterocycles. The summed E-state index contributed by atoms with van der Waals surface area (Å²) in [6.07, 6.45) is 0.884. The van der Waals surface area contributed by atoms with Crippen LogP contribution in [0.3, 0.4) is 0 Å². The van der Waals surface area contributed by atoms with E-state index in [1.54, 1.807) is 12.1 Å². The molecule has 22 heavy (non-hydrogen) atoms. The highest BCUT2D eigenvalue weighted by Gasteiger charge is 2.14. The average Bonchev–Trinajstić information content (AvgIpc) is 2.54. The Balaban J connectivity index is 2.02. The Bertz CT molecular complexity index is 681. The molecule has 0 saturated carbocycles. The predicted molar refractivity (Wildman–Crippen MR) is 86.9 cm³/mol. The lowest BCUT2D eigenvalue weighted by Crippen LogP contribution is -2.28. The number of carbonyl (C=O) groups is 1. The lowest BCUT2D eigenvalue weighted by molar-refractivity contribution is 0.0913. The molecule has 0 bridgehead atoms. The van der Waals surface area contributed by atoms with E-state index in [0.717, 1.165) is 11.0 Å². The SMILES string of the molecule is CSc1ccccc1C(=O)NC[C@H](O)c1ccc(Cl)c(F)c1. The molecule has 1 amide bonds. The van der Waals surface area contributed by atoms with Crippen LogP contribution in [-0.4, -0.2) is 23.8 Å². The Morgan fingerprint density at radius 2 is 2.09 bits per heavy atom. The second-order valence-electron chi connectivity index (χ2n) is 4.60. The number of aliphatic hydroxyl groups excluding tert-OH is 1. The molecule has 2 aromatic rings. The molecule has 0 aromatic heterocycles. The van der Waals surface area contributed by atoms with E-state index in [0.29, 0.717) is 11.1 Å². The molecular formula is C16H15ClFNO2S. The molecule has 0 aliphatic rings. The summed E-state index contributed by atoms with van der Waals surface area (Å²) >= 11 is 7.07. The van der Waals surface area contributed by atoms with E-state index >= 15 is 0 Å². The Morgan fingerprint density at radius 1 is 1.36 bits per heavy atom. The molecule has 0 unspecified atom stereocenters. The molecule has 0 fully saturated rings. The van der Waals surface area contributed by atoms with Gasteiger partial charge in [-0.15, -0.1) is 11.8 Å². The topological polar surface area (TPSA) is 49.3 Å². The van der Waals surface area contributed by atoms with Crippen molar-refractivity contribution < 1.29 is 14.3 Å². The predicted octanol–water partition coefficient (Wildman–Crippen LogP) is 3.66. The second kappa shape index (κ2) is 7.63. The highest BCUT2D eigenvalue weighted by molar-refractivity contribution is 7.98. The van der Waals surface area contributed by atoms with E-state index in [9.17, 15) is 14.3 Å². The lowest BCUT2D eigenvalue weighted by Gasteiger charge is -2.14. The van der Waals surface area contributed by atoms with Crippen LogP contribution >= 0.6 is 23.4 Å². The molecule has 0 radical (unpaired) electrons. The fraction of sp³-hybridized carbons (Fsp3) is 0.188. The first kappa shape index (κ1) is 16.8. The quantitative estimate of drug-likeness (QED) is 0.817. The Labute approximate surface area is 137 Å². The van der Waals surface area contributed by atoms with E-state index in [1.165, 1.54) is 23.9 Å². The molecule has 0 aliphatic heterocycles. The molecule has 0 saturated heterocycles. The zero-order valence-corrected chi connectivity index (χ0v) is 13.4. The minimum atomic E-state index is -1.00. The van der Waals surface area contributed by atoms with Crippen LogP contribution in [0.1, 0.15) is 22.0 Å². The normalized spacial score (nSPS) is 12.0. The van der Waals surface area contributed by atoms with Gasteiger partial charge in [0, 0.05) is 11.4 Å². The Kier molecular flexibility index (Phi) is 5.83. The number of aliphatic hydroxyl groups is 1. The van der Waals surface area contributed by atoms with Gasteiger partial charge in [0.25, 0.3) is 5.91 Å². The molecule has 3 nitrogen and oxygen atoms in total. The van der Waals surface area contributed by atoms with Crippen LogP contribution in [-0.2, 0) is 0 Å². The van der Waals surface area contributed by atoms with Gasteiger partial charge in [-0.1, -0.05) is 29.8 Å². The van der Waals surface area contributed by atoms with Crippen molar-refractivity contribution in [3.8, 4) is 0 Å². The van der Waals surface area contributed by atoms with E-state index in [2.05, 4.69) is 5.32 Å². The van der Waals surface area contributed by atoms with E-state index in [4.69, 9.17) is 11.6 Å². The van der Waals surface area contributed by atoms with Crippen molar-refractivity contribution in [2.24, 2.45) is 0 Å². The number of hydrogen-bond donors (Lipinski definition) is 2. The van der Waals surface area contributed by atoms with E-state index < -0.39 is 11.9 Å². The maximum absolute atomic E-state index is 13.4.